The molecule has 1 saturated heterocycles. The van der Waals surface area contributed by atoms with Crippen molar-refractivity contribution < 1.29 is 19.0 Å². The maximum atomic E-state index is 13.1. The van der Waals surface area contributed by atoms with E-state index in [1.54, 1.807) is 38.4 Å². The van der Waals surface area contributed by atoms with Gasteiger partial charge in [0.1, 0.15) is 0 Å². The molecule has 146 valence electrons. The number of rotatable bonds is 5. The van der Waals surface area contributed by atoms with Gasteiger partial charge in [-0.3, -0.25) is 9.69 Å². The number of nitrogens with zero attached hydrogens (tertiary/aromatic N) is 1. The van der Waals surface area contributed by atoms with E-state index in [1.165, 1.54) is 11.8 Å². The Morgan fingerprint density at radius 3 is 2.36 bits per heavy atom. The molecular weight excluding hydrogens is 394 g/mol. The van der Waals surface area contributed by atoms with Gasteiger partial charge >= 0.3 is 0 Å². The lowest BCUT2D eigenvalue weighted by Crippen LogP contribution is -2.28. The summed E-state index contributed by atoms with van der Waals surface area (Å²) in [5.41, 5.74) is 3.58. The van der Waals surface area contributed by atoms with E-state index in [-0.39, 0.29) is 5.91 Å². The molecule has 1 aliphatic rings. The maximum Gasteiger partial charge on any atom is 0.270 e. The first-order chi connectivity index (χ1) is 13.4. The van der Waals surface area contributed by atoms with Gasteiger partial charge in [-0.1, -0.05) is 36.1 Å². The van der Waals surface area contributed by atoms with Crippen molar-refractivity contribution in [3.63, 3.8) is 0 Å². The van der Waals surface area contributed by atoms with Crippen LogP contribution in [-0.4, -0.2) is 31.6 Å². The number of anilines is 1. The van der Waals surface area contributed by atoms with Crippen molar-refractivity contribution in [1.82, 2.24) is 0 Å². The van der Waals surface area contributed by atoms with E-state index >= 15 is 0 Å². The molecule has 1 aliphatic heterocycles. The first kappa shape index (κ1) is 20.2. The molecule has 1 heterocycles. The molecule has 28 heavy (non-hydrogen) atoms. The van der Waals surface area contributed by atoms with Gasteiger partial charge in [-0.2, -0.15) is 0 Å². The highest BCUT2D eigenvalue weighted by atomic mass is 32.2. The molecule has 0 radical (unpaired) electrons. The number of carbonyl (C=O) groups is 1. The smallest absolute Gasteiger partial charge is 0.270 e. The Bertz CT molecular complexity index is 985. The van der Waals surface area contributed by atoms with Gasteiger partial charge in [0, 0.05) is 5.56 Å². The van der Waals surface area contributed by atoms with E-state index in [2.05, 4.69) is 0 Å². The fourth-order valence-corrected chi connectivity index (χ4v) is 4.29. The summed E-state index contributed by atoms with van der Waals surface area (Å²) in [6, 6.07) is 9.58. The molecule has 5 nitrogen and oxygen atoms in total. The van der Waals surface area contributed by atoms with Gasteiger partial charge in [0.25, 0.3) is 5.91 Å². The van der Waals surface area contributed by atoms with Gasteiger partial charge in [0.05, 0.1) is 31.9 Å². The predicted octanol–water partition coefficient (Wildman–Crippen LogP) is 4.74. The molecule has 0 atom stereocenters. The SMILES string of the molecule is COc1ccc(C=C2SC(=S)N(c3cc(C)ccc3C)C2=O)c(OC)c1OC. The molecule has 3 rings (SSSR count). The van der Waals surface area contributed by atoms with Crippen LogP contribution in [0, 0.1) is 13.8 Å². The minimum atomic E-state index is -0.152. The molecule has 7 heteroatoms. The van der Waals surface area contributed by atoms with Crippen LogP contribution in [0.5, 0.6) is 17.2 Å². The third-order valence-corrected chi connectivity index (χ3v) is 5.72. The number of methoxy groups -OCH3 is 3. The summed E-state index contributed by atoms with van der Waals surface area (Å²) in [5.74, 6) is 1.38. The largest absolute Gasteiger partial charge is 0.493 e. The molecule has 1 amide bonds. The standard InChI is InChI=1S/C21H21NO4S2/c1-12-6-7-13(2)15(10-12)22-20(23)17(28-21(22)27)11-14-8-9-16(24-3)19(26-5)18(14)25-4/h6-11H,1-5H3. The van der Waals surface area contributed by atoms with Crippen LogP contribution in [0.1, 0.15) is 16.7 Å². The number of aryl methyl sites for hydroxylation is 2. The summed E-state index contributed by atoms with van der Waals surface area (Å²) in [7, 11) is 4.66. The van der Waals surface area contributed by atoms with Gasteiger partial charge in [0.15, 0.2) is 15.8 Å². The molecule has 0 aromatic heterocycles. The van der Waals surface area contributed by atoms with Crippen LogP contribution in [0.3, 0.4) is 0 Å². The van der Waals surface area contributed by atoms with Gasteiger partial charge in [-0.25, -0.2) is 0 Å². The highest BCUT2D eigenvalue weighted by molar-refractivity contribution is 8.27. The summed E-state index contributed by atoms with van der Waals surface area (Å²) in [6.07, 6.45) is 1.77. The number of thiocarbonyl (C=S) groups is 1. The first-order valence-corrected chi connectivity index (χ1v) is 9.78. The number of hydrogen-bond donors (Lipinski definition) is 0. The van der Waals surface area contributed by atoms with Crippen molar-refractivity contribution in [2.75, 3.05) is 26.2 Å². The molecule has 0 aliphatic carbocycles. The number of ether oxygens (including phenoxy) is 3. The minimum Gasteiger partial charge on any atom is -0.493 e. The lowest BCUT2D eigenvalue weighted by molar-refractivity contribution is -0.113. The van der Waals surface area contributed by atoms with Crippen molar-refractivity contribution in [2.24, 2.45) is 0 Å². The van der Waals surface area contributed by atoms with Crippen LogP contribution in [0.4, 0.5) is 5.69 Å². The molecule has 2 aromatic carbocycles. The van der Waals surface area contributed by atoms with E-state index in [1.807, 2.05) is 38.1 Å². The number of carbonyl (C=O) groups excluding carboxylic acids is 1. The first-order valence-electron chi connectivity index (χ1n) is 8.55. The molecule has 2 aromatic rings. The average molecular weight is 416 g/mol. The lowest BCUT2D eigenvalue weighted by atomic mass is 10.1. The van der Waals surface area contributed by atoms with E-state index in [4.69, 9.17) is 26.4 Å². The van der Waals surface area contributed by atoms with Gasteiger partial charge in [-0.15, -0.1) is 0 Å². The average Bonchev–Trinajstić information content (AvgIpc) is 2.96. The van der Waals surface area contributed by atoms with E-state index in [9.17, 15) is 4.79 Å². The van der Waals surface area contributed by atoms with Gasteiger partial charge in [-0.05, 0) is 49.2 Å². The monoisotopic (exact) mass is 415 g/mol. The van der Waals surface area contributed by atoms with Gasteiger partial charge in [0.2, 0.25) is 5.75 Å². The Balaban J connectivity index is 2.04. The maximum absolute atomic E-state index is 13.1. The second-order valence-electron chi connectivity index (χ2n) is 6.23. The fourth-order valence-electron chi connectivity index (χ4n) is 3.02. The van der Waals surface area contributed by atoms with E-state index in [0.717, 1.165) is 16.8 Å². The van der Waals surface area contributed by atoms with E-state index < -0.39 is 0 Å². The van der Waals surface area contributed by atoms with Crippen LogP contribution in [0.2, 0.25) is 0 Å². The normalized spacial score (nSPS) is 15.3. The second-order valence-corrected chi connectivity index (χ2v) is 7.91. The van der Waals surface area contributed by atoms with Crippen molar-refractivity contribution in [3.05, 3.63) is 51.9 Å². The zero-order valence-corrected chi connectivity index (χ0v) is 18.0. The van der Waals surface area contributed by atoms with Crippen molar-refractivity contribution in [2.45, 2.75) is 13.8 Å². The molecular formula is C21H21NO4S2. The van der Waals surface area contributed by atoms with Crippen LogP contribution in [-0.2, 0) is 4.79 Å². The number of benzene rings is 2. The van der Waals surface area contributed by atoms with Crippen LogP contribution >= 0.6 is 24.0 Å². The Labute approximate surface area is 174 Å². The third-order valence-electron chi connectivity index (χ3n) is 4.42. The zero-order chi connectivity index (χ0) is 20.4. The highest BCUT2D eigenvalue weighted by Gasteiger charge is 2.34. The van der Waals surface area contributed by atoms with Crippen molar-refractivity contribution in [1.29, 1.82) is 0 Å². The topological polar surface area (TPSA) is 48.0 Å². The molecule has 0 unspecified atom stereocenters. The van der Waals surface area contributed by atoms with Crippen molar-refractivity contribution in [3.8, 4) is 17.2 Å². The Kier molecular flexibility index (Phi) is 5.96. The number of amides is 1. The molecule has 0 bridgehead atoms. The fraction of sp³-hybridized carbons (Fsp3) is 0.238. The second kappa shape index (κ2) is 8.24. The lowest BCUT2D eigenvalue weighted by Gasteiger charge is -2.18. The highest BCUT2D eigenvalue weighted by Crippen LogP contribution is 2.43. The van der Waals surface area contributed by atoms with Crippen LogP contribution in [0.15, 0.2) is 35.2 Å². The Hall–Kier alpha value is -2.51. The summed E-state index contributed by atoms with van der Waals surface area (Å²) in [4.78, 5) is 15.2. The molecule has 1 fully saturated rings. The summed E-state index contributed by atoms with van der Waals surface area (Å²) in [6.45, 7) is 3.96. The summed E-state index contributed by atoms with van der Waals surface area (Å²) < 4.78 is 16.8. The Morgan fingerprint density at radius 2 is 1.71 bits per heavy atom. The third kappa shape index (κ3) is 3.59. The van der Waals surface area contributed by atoms with Crippen LogP contribution in [0.25, 0.3) is 6.08 Å². The van der Waals surface area contributed by atoms with E-state index in [0.29, 0.717) is 32.0 Å². The summed E-state index contributed by atoms with van der Waals surface area (Å²) in [5, 5.41) is 0. The molecule has 0 saturated carbocycles. The number of thioether (sulfide) groups is 1. The van der Waals surface area contributed by atoms with Crippen molar-refractivity contribution >= 4 is 46.0 Å². The molecule has 0 N–H and O–H groups in total. The quantitative estimate of drug-likeness (QED) is 0.520. The zero-order valence-electron chi connectivity index (χ0n) is 16.4. The number of hydrogen-bond acceptors (Lipinski definition) is 6. The molecule has 0 spiro atoms. The summed E-state index contributed by atoms with van der Waals surface area (Å²) >= 11 is 6.77. The Morgan fingerprint density at radius 1 is 1.00 bits per heavy atom. The van der Waals surface area contributed by atoms with Crippen LogP contribution < -0.4 is 19.1 Å². The minimum absolute atomic E-state index is 0.152. The predicted molar refractivity (Wildman–Crippen MR) is 118 cm³/mol. The van der Waals surface area contributed by atoms with Gasteiger partial charge < -0.3 is 14.2 Å².